The van der Waals surface area contributed by atoms with Crippen LogP contribution in [0.2, 0.25) is 0 Å². The van der Waals surface area contributed by atoms with Gasteiger partial charge in [-0.3, -0.25) is 0 Å². The molecule has 2 rings (SSSR count). The van der Waals surface area contributed by atoms with E-state index in [2.05, 4.69) is 5.32 Å². The van der Waals surface area contributed by atoms with Crippen LogP contribution in [0.15, 0.2) is 23.1 Å². The van der Waals surface area contributed by atoms with Crippen molar-refractivity contribution in [3.05, 3.63) is 29.3 Å². The van der Waals surface area contributed by atoms with Crippen LogP contribution in [0.5, 0.6) is 0 Å². The summed E-state index contributed by atoms with van der Waals surface area (Å²) in [6.45, 7) is 2.87. The van der Waals surface area contributed by atoms with Crippen LogP contribution >= 0.6 is 12.4 Å². The largest absolute Gasteiger partial charge is 0.417 e. The Bertz CT molecular complexity index is 716. The second-order valence-electron chi connectivity index (χ2n) is 4.99. The lowest BCUT2D eigenvalue weighted by Gasteiger charge is -2.32. The molecule has 128 valence electrons. The lowest BCUT2D eigenvalue weighted by Crippen LogP contribution is -2.52. The van der Waals surface area contributed by atoms with E-state index in [0.717, 1.165) is 12.1 Å². The zero-order valence-electron chi connectivity index (χ0n) is 12.1. The normalized spacial score (nSPS) is 19.7. The minimum atomic E-state index is -4.70. The highest BCUT2D eigenvalue weighted by molar-refractivity contribution is 7.89. The van der Waals surface area contributed by atoms with Crippen molar-refractivity contribution in [3.8, 4) is 6.07 Å². The molecule has 1 saturated heterocycles. The number of rotatable bonds is 2. The molecule has 1 aromatic rings. The zero-order chi connectivity index (χ0) is 16.5. The summed E-state index contributed by atoms with van der Waals surface area (Å²) in [5.74, 6) is 0. The third kappa shape index (κ3) is 3.95. The standard InChI is InChI=1S/C13H14F3N3O2S.ClH/c1-9-8-18-4-5-19(9)22(20,21)11-2-3-12(13(14,15)16)10(6-11)7-17;/h2-3,6,9,18H,4-5,8H2,1H3;1H/t9-;/m1./s1. The van der Waals surface area contributed by atoms with Crippen LogP contribution in [-0.2, 0) is 16.2 Å². The molecule has 0 radical (unpaired) electrons. The maximum Gasteiger partial charge on any atom is 0.417 e. The number of nitriles is 1. The Balaban J connectivity index is 0.00000264. The fourth-order valence-corrected chi connectivity index (χ4v) is 4.00. The second kappa shape index (κ2) is 7.05. The van der Waals surface area contributed by atoms with E-state index in [1.807, 2.05) is 0 Å². The van der Waals surface area contributed by atoms with E-state index in [-0.39, 0.29) is 29.9 Å². The number of hydrogen-bond donors (Lipinski definition) is 1. The third-order valence-corrected chi connectivity index (χ3v) is 5.47. The molecule has 1 aromatic carbocycles. The molecular formula is C13H15ClF3N3O2S. The van der Waals surface area contributed by atoms with Crippen molar-refractivity contribution in [2.24, 2.45) is 0 Å². The van der Waals surface area contributed by atoms with E-state index in [9.17, 15) is 21.6 Å². The maximum atomic E-state index is 12.8. The van der Waals surface area contributed by atoms with Gasteiger partial charge in [-0.25, -0.2) is 8.42 Å². The van der Waals surface area contributed by atoms with Gasteiger partial charge in [0, 0.05) is 25.7 Å². The summed E-state index contributed by atoms with van der Waals surface area (Å²) in [7, 11) is -3.93. The number of hydrogen-bond acceptors (Lipinski definition) is 4. The van der Waals surface area contributed by atoms with Gasteiger partial charge in [-0.05, 0) is 25.1 Å². The van der Waals surface area contributed by atoms with Gasteiger partial charge in [0.2, 0.25) is 10.0 Å². The van der Waals surface area contributed by atoms with Gasteiger partial charge >= 0.3 is 6.18 Å². The monoisotopic (exact) mass is 369 g/mol. The third-order valence-electron chi connectivity index (χ3n) is 3.46. The summed E-state index contributed by atoms with van der Waals surface area (Å²) in [4.78, 5) is -0.300. The Kier molecular flexibility index (Phi) is 6.04. The fraction of sp³-hybridized carbons (Fsp3) is 0.462. The van der Waals surface area contributed by atoms with E-state index in [1.54, 1.807) is 6.92 Å². The molecule has 0 saturated carbocycles. The van der Waals surface area contributed by atoms with E-state index in [0.29, 0.717) is 19.2 Å². The number of benzene rings is 1. The van der Waals surface area contributed by atoms with E-state index < -0.39 is 27.3 Å². The number of alkyl halides is 3. The summed E-state index contributed by atoms with van der Waals surface area (Å²) >= 11 is 0. The van der Waals surface area contributed by atoms with Crippen LogP contribution in [0.3, 0.4) is 0 Å². The van der Waals surface area contributed by atoms with Crippen molar-refractivity contribution >= 4 is 22.4 Å². The summed E-state index contributed by atoms with van der Waals surface area (Å²) in [6.07, 6.45) is -4.70. The molecule has 1 heterocycles. The highest BCUT2D eigenvalue weighted by atomic mass is 35.5. The number of sulfonamides is 1. The van der Waals surface area contributed by atoms with Crippen molar-refractivity contribution in [1.29, 1.82) is 5.26 Å². The molecule has 1 atom stereocenters. The first-order chi connectivity index (χ1) is 10.2. The number of piperazine rings is 1. The lowest BCUT2D eigenvalue weighted by atomic mass is 10.1. The lowest BCUT2D eigenvalue weighted by molar-refractivity contribution is -0.137. The van der Waals surface area contributed by atoms with E-state index >= 15 is 0 Å². The first-order valence-electron chi connectivity index (χ1n) is 6.52. The smallest absolute Gasteiger partial charge is 0.314 e. The topological polar surface area (TPSA) is 73.2 Å². The summed E-state index contributed by atoms with van der Waals surface area (Å²) in [6, 6.07) is 3.42. The van der Waals surface area contributed by atoms with E-state index in [4.69, 9.17) is 5.26 Å². The summed E-state index contributed by atoms with van der Waals surface area (Å²) in [5.41, 5.74) is -1.83. The molecule has 10 heteroatoms. The van der Waals surface area contributed by atoms with Crippen LogP contribution in [0, 0.1) is 11.3 Å². The minimum absolute atomic E-state index is 0. The Hall–Kier alpha value is -1.34. The Morgan fingerprint density at radius 3 is 2.57 bits per heavy atom. The van der Waals surface area contributed by atoms with Gasteiger partial charge in [0.25, 0.3) is 0 Å². The average molecular weight is 370 g/mol. The van der Waals surface area contributed by atoms with Gasteiger partial charge in [-0.1, -0.05) is 0 Å². The minimum Gasteiger partial charge on any atom is -0.314 e. The van der Waals surface area contributed by atoms with Gasteiger partial charge in [-0.15, -0.1) is 12.4 Å². The van der Waals surface area contributed by atoms with Gasteiger partial charge in [0.05, 0.1) is 22.1 Å². The first-order valence-corrected chi connectivity index (χ1v) is 7.96. The second-order valence-corrected chi connectivity index (χ2v) is 6.88. The Morgan fingerprint density at radius 1 is 1.39 bits per heavy atom. The van der Waals surface area contributed by atoms with Crippen LogP contribution in [0.4, 0.5) is 13.2 Å². The number of nitrogens with zero attached hydrogens (tertiary/aromatic N) is 2. The van der Waals surface area contributed by atoms with Gasteiger partial charge in [0.1, 0.15) is 0 Å². The molecular weight excluding hydrogens is 355 g/mol. The van der Waals surface area contributed by atoms with Crippen molar-refractivity contribution in [2.45, 2.75) is 24.0 Å². The summed E-state index contributed by atoms with van der Waals surface area (Å²) < 4.78 is 64.6. The molecule has 1 N–H and O–H groups in total. The number of halogens is 4. The molecule has 1 aliphatic heterocycles. The molecule has 0 aliphatic carbocycles. The molecule has 23 heavy (non-hydrogen) atoms. The van der Waals surface area contributed by atoms with Gasteiger partial charge < -0.3 is 5.32 Å². The molecule has 0 aromatic heterocycles. The first kappa shape index (κ1) is 19.7. The molecule has 0 unspecified atom stereocenters. The predicted molar refractivity (Wildman–Crippen MR) is 79.6 cm³/mol. The van der Waals surface area contributed by atoms with E-state index in [1.165, 1.54) is 10.4 Å². The molecule has 1 aliphatic rings. The predicted octanol–water partition coefficient (Wildman–Crippen LogP) is 1.98. The SMILES string of the molecule is C[C@@H]1CNCCN1S(=O)(=O)c1ccc(C(F)(F)F)c(C#N)c1.Cl. The molecule has 0 spiro atoms. The molecule has 0 amide bonds. The van der Waals surface area contributed by atoms with Crippen LogP contribution in [-0.4, -0.2) is 38.4 Å². The molecule has 0 bridgehead atoms. The van der Waals surface area contributed by atoms with Crippen molar-refractivity contribution in [2.75, 3.05) is 19.6 Å². The summed E-state index contributed by atoms with van der Waals surface area (Å²) in [5, 5.41) is 11.9. The Morgan fingerprint density at radius 2 is 2.04 bits per heavy atom. The van der Waals surface area contributed by atoms with Gasteiger partial charge in [-0.2, -0.15) is 22.7 Å². The molecule has 1 fully saturated rings. The van der Waals surface area contributed by atoms with Crippen molar-refractivity contribution in [1.82, 2.24) is 9.62 Å². The van der Waals surface area contributed by atoms with Crippen molar-refractivity contribution in [3.63, 3.8) is 0 Å². The quantitative estimate of drug-likeness (QED) is 0.865. The fourth-order valence-electron chi connectivity index (χ4n) is 2.34. The zero-order valence-corrected chi connectivity index (χ0v) is 13.7. The highest BCUT2D eigenvalue weighted by Crippen LogP contribution is 2.33. The Labute approximate surface area is 138 Å². The number of nitrogens with one attached hydrogen (secondary N) is 1. The van der Waals surface area contributed by atoms with Crippen LogP contribution in [0.1, 0.15) is 18.1 Å². The molecule has 5 nitrogen and oxygen atoms in total. The maximum absolute atomic E-state index is 12.8. The highest BCUT2D eigenvalue weighted by Gasteiger charge is 2.36. The average Bonchev–Trinajstić information content (AvgIpc) is 2.45. The van der Waals surface area contributed by atoms with Crippen LogP contribution in [0.25, 0.3) is 0 Å². The van der Waals surface area contributed by atoms with Crippen LogP contribution < -0.4 is 5.32 Å². The van der Waals surface area contributed by atoms with Crippen molar-refractivity contribution < 1.29 is 21.6 Å². The van der Waals surface area contributed by atoms with Gasteiger partial charge in [0.15, 0.2) is 0 Å².